The van der Waals surface area contributed by atoms with Crippen LogP contribution in [0.1, 0.15) is 12.5 Å². The number of aromatic nitrogens is 1. The Morgan fingerprint density at radius 2 is 2.00 bits per heavy atom. The van der Waals surface area contributed by atoms with Crippen LogP contribution in [-0.4, -0.2) is 19.9 Å². The van der Waals surface area contributed by atoms with Crippen molar-refractivity contribution < 1.29 is 12.8 Å². The molecule has 0 radical (unpaired) electrons. The molecule has 1 aromatic heterocycles. The molecule has 2 rings (SSSR count). The highest BCUT2D eigenvalue weighted by molar-refractivity contribution is 7.92. The second-order valence-electron chi connectivity index (χ2n) is 4.48. The lowest BCUT2D eigenvalue weighted by Crippen LogP contribution is -2.17. The van der Waals surface area contributed by atoms with E-state index in [0.717, 1.165) is 0 Å². The van der Waals surface area contributed by atoms with Crippen molar-refractivity contribution in [2.75, 3.05) is 16.6 Å². The van der Waals surface area contributed by atoms with Crippen LogP contribution in [-0.2, 0) is 10.0 Å². The van der Waals surface area contributed by atoms with Crippen molar-refractivity contribution in [2.24, 2.45) is 0 Å². The third-order valence-corrected chi connectivity index (χ3v) is 4.08. The minimum atomic E-state index is -3.97. The molecule has 5 nitrogen and oxygen atoms in total. The van der Waals surface area contributed by atoms with Crippen LogP contribution < -0.4 is 10.0 Å². The van der Waals surface area contributed by atoms with Crippen molar-refractivity contribution in [3.05, 3.63) is 47.9 Å². The van der Waals surface area contributed by atoms with Crippen molar-refractivity contribution in [1.29, 1.82) is 0 Å². The molecule has 0 saturated heterocycles. The van der Waals surface area contributed by atoms with Crippen LogP contribution in [0.4, 0.5) is 15.8 Å². The molecule has 112 valence electrons. The fourth-order valence-electron chi connectivity index (χ4n) is 1.83. The lowest BCUT2D eigenvalue weighted by Gasteiger charge is -2.12. The van der Waals surface area contributed by atoms with Crippen LogP contribution in [0.3, 0.4) is 0 Å². The first-order chi connectivity index (χ1) is 9.94. The molecule has 0 amide bonds. The number of nitrogens with zero attached hydrogens (tertiary/aromatic N) is 1. The number of benzene rings is 1. The standard InChI is InChI=1S/C14H16FN3O2S/c1-3-16-13-5-4-8-17-14(13)21(19,20)18-12-7-6-10(2)9-11(12)15/h4-9,16,18H,3H2,1-2H3. The van der Waals surface area contributed by atoms with Crippen molar-refractivity contribution >= 4 is 21.4 Å². The van der Waals surface area contributed by atoms with E-state index in [9.17, 15) is 12.8 Å². The van der Waals surface area contributed by atoms with Crippen LogP contribution in [0.15, 0.2) is 41.6 Å². The van der Waals surface area contributed by atoms with Gasteiger partial charge in [-0.25, -0.2) is 9.37 Å². The highest BCUT2D eigenvalue weighted by Crippen LogP contribution is 2.23. The zero-order chi connectivity index (χ0) is 15.5. The Balaban J connectivity index is 2.39. The smallest absolute Gasteiger partial charge is 0.281 e. The highest BCUT2D eigenvalue weighted by Gasteiger charge is 2.21. The van der Waals surface area contributed by atoms with Gasteiger partial charge in [-0.05, 0) is 43.7 Å². The molecule has 0 fully saturated rings. The molecule has 0 unspecified atom stereocenters. The van der Waals surface area contributed by atoms with Gasteiger partial charge in [0.05, 0.1) is 11.4 Å². The normalized spacial score (nSPS) is 11.2. The molecular formula is C14H16FN3O2S. The fraction of sp³-hybridized carbons (Fsp3) is 0.214. The van der Waals surface area contributed by atoms with E-state index in [0.29, 0.717) is 17.8 Å². The Bertz CT molecular complexity index is 748. The fourth-order valence-corrected chi connectivity index (χ4v) is 3.01. The van der Waals surface area contributed by atoms with E-state index in [1.54, 1.807) is 25.1 Å². The molecule has 7 heteroatoms. The number of sulfonamides is 1. The SMILES string of the molecule is CCNc1cccnc1S(=O)(=O)Nc1ccc(C)cc1F. The predicted molar refractivity (Wildman–Crippen MR) is 80.3 cm³/mol. The third kappa shape index (κ3) is 3.49. The van der Waals surface area contributed by atoms with Gasteiger partial charge in [0.25, 0.3) is 10.0 Å². The molecule has 0 atom stereocenters. The number of anilines is 2. The van der Waals surface area contributed by atoms with E-state index in [2.05, 4.69) is 15.0 Å². The van der Waals surface area contributed by atoms with Gasteiger partial charge >= 0.3 is 0 Å². The molecule has 0 aliphatic rings. The van der Waals surface area contributed by atoms with Crippen LogP contribution in [0.5, 0.6) is 0 Å². The first-order valence-electron chi connectivity index (χ1n) is 6.42. The molecule has 0 bridgehead atoms. The van der Waals surface area contributed by atoms with Gasteiger partial charge in [-0.1, -0.05) is 6.07 Å². The van der Waals surface area contributed by atoms with Gasteiger partial charge in [0, 0.05) is 12.7 Å². The summed E-state index contributed by atoms with van der Waals surface area (Å²) in [6.45, 7) is 4.12. The highest BCUT2D eigenvalue weighted by atomic mass is 32.2. The lowest BCUT2D eigenvalue weighted by molar-refractivity contribution is 0.595. The number of aryl methyl sites for hydroxylation is 1. The predicted octanol–water partition coefficient (Wildman–Crippen LogP) is 2.76. The lowest BCUT2D eigenvalue weighted by atomic mass is 10.2. The number of rotatable bonds is 5. The van der Waals surface area contributed by atoms with Crippen molar-refractivity contribution in [3.63, 3.8) is 0 Å². The Hall–Kier alpha value is -2.15. The summed E-state index contributed by atoms with van der Waals surface area (Å²) >= 11 is 0. The Morgan fingerprint density at radius 3 is 2.67 bits per heavy atom. The van der Waals surface area contributed by atoms with E-state index < -0.39 is 15.8 Å². The maximum Gasteiger partial charge on any atom is 0.281 e. The third-order valence-electron chi connectivity index (χ3n) is 2.76. The van der Waals surface area contributed by atoms with Crippen molar-refractivity contribution in [3.8, 4) is 0 Å². The molecule has 1 aromatic carbocycles. The van der Waals surface area contributed by atoms with E-state index in [-0.39, 0.29) is 10.7 Å². The summed E-state index contributed by atoms with van der Waals surface area (Å²) in [5, 5.41) is 2.76. The van der Waals surface area contributed by atoms with Crippen LogP contribution >= 0.6 is 0 Å². The van der Waals surface area contributed by atoms with Gasteiger partial charge in [0.1, 0.15) is 5.82 Å². The molecule has 0 aliphatic carbocycles. The zero-order valence-electron chi connectivity index (χ0n) is 11.7. The van der Waals surface area contributed by atoms with E-state index >= 15 is 0 Å². The second kappa shape index (κ2) is 6.09. The average Bonchev–Trinajstić information content (AvgIpc) is 2.43. The number of hydrogen-bond donors (Lipinski definition) is 2. The number of nitrogens with one attached hydrogen (secondary N) is 2. The second-order valence-corrected chi connectivity index (χ2v) is 6.07. The molecular weight excluding hydrogens is 293 g/mol. The van der Waals surface area contributed by atoms with Crippen molar-refractivity contribution in [1.82, 2.24) is 4.98 Å². The molecule has 21 heavy (non-hydrogen) atoms. The zero-order valence-corrected chi connectivity index (χ0v) is 12.5. The summed E-state index contributed by atoms with van der Waals surface area (Å²) in [5.41, 5.74) is 0.982. The topological polar surface area (TPSA) is 71.1 Å². The van der Waals surface area contributed by atoms with Gasteiger partial charge in [-0.2, -0.15) is 8.42 Å². The summed E-state index contributed by atoms with van der Waals surface area (Å²) in [7, 11) is -3.97. The minimum Gasteiger partial charge on any atom is -0.383 e. The van der Waals surface area contributed by atoms with Crippen LogP contribution in [0.25, 0.3) is 0 Å². The van der Waals surface area contributed by atoms with Crippen molar-refractivity contribution in [2.45, 2.75) is 18.9 Å². The van der Waals surface area contributed by atoms with Gasteiger partial charge < -0.3 is 5.32 Å². The van der Waals surface area contributed by atoms with E-state index in [4.69, 9.17) is 0 Å². The maximum atomic E-state index is 13.8. The minimum absolute atomic E-state index is 0.103. The molecule has 0 spiro atoms. The Morgan fingerprint density at radius 1 is 1.24 bits per heavy atom. The summed E-state index contributed by atoms with van der Waals surface area (Å²) in [4.78, 5) is 3.88. The summed E-state index contributed by atoms with van der Waals surface area (Å²) in [6.07, 6.45) is 1.38. The van der Waals surface area contributed by atoms with Gasteiger partial charge in [-0.3, -0.25) is 4.72 Å². The largest absolute Gasteiger partial charge is 0.383 e. The monoisotopic (exact) mass is 309 g/mol. The van der Waals surface area contributed by atoms with Gasteiger partial charge in [-0.15, -0.1) is 0 Å². The Labute approximate surface area is 123 Å². The first kappa shape index (κ1) is 15.2. The molecule has 2 aromatic rings. The Kier molecular flexibility index (Phi) is 4.42. The number of hydrogen-bond acceptors (Lipinski definition) is 4. The molecule has 2 N–H and O–H groups in total. The average molecular weight is 309 g/mol. The van der Waals surface area contributed by atoms with Gasteiger partial charge in [0.2, 0.25) is 0 Å². The van der Waals surface area contributed by atoms with Crippen LogP contribution in [0, 0.1) is 12.7 Å². The molecule has 0 saturated carbocycles. The van der Waals surface area contributed by atoms with E-state index in [1.807, 2.05) is 6.92 Å². The van der Waals surface area contributed by atoms with Crippen LogP contribution in [0.2, 0.25) is 0 Å². The number of pyridine rings is 1. The quantitative estimate of drug-likeness (QED) is 0.891. The molecule has 0 aliphatic heterocycles. The summed E-state index contributed by atoms with van der Waals surface area (Å²) in [5.74, 6) is -0.625. The first-order valence-corrected chi connectivity index (χ1v) is 7.90. The number of halogens is 1. The summed E-state index contributed by atoms with van der Waals surface area (Å²) in [6, 6.07) is 7.52. The molecule has 1 heterocycles. The maximum absolute atomic E-state index is 13.8. The van der Waals surface area contributed by atoms with Gasteiger partial charge in [0.15, 0.2) is 5.03 Å². The van der Waals surface area contributed by atoms with E-state index in [1.165, 1.54) is 18.3 Å². The summed E-state index contributed by atoms with van der Waals surface area (Å²) < 4.78 is 40.7.